The third kappa shape index (κ3) is 7.07. The maximum absolute atomic E-state index is 5.51. The van der Waals surface area contributed by atoms with Crippen molar-refractivity contribution >= 4 is 16.4 Å². The van der Waals surface area contributed by atoms with Crippen LogP contribution in [0.15, 0.2) is 0 Å². The van der Waals surface area contributed by atoms with E-state index in [1.165, 1.54) is 18.5 Å². The normalized spacial score (nSPS) is 13.5. The molecule has 0 aliphatic rings. The van der Waals surface area contributed by atoms with Crippen LogP contribution in [0.1, 0.15) is 6.42 Å². The molecule has 0 unspecified atom stereocenters. The smallest absolute Gasteiger partial charge is 0.186 e. The van der Waals surface area contributed by atoms with Gasteiger partial charge in [-0.1, -0.05) is 32.1 Å². The van der Waals surface area contributed by atoms with Gasteiger partial charge < -0.3 is 4.43 Å². The standard InChI is InChI=1S/C9H24OSi2/c1-10-12(5,6)9-7-8-11(2,3)4/h7-9H2,1-6H3. The van der Waals surface area contributed by atoms with E-state index in [4.69, 9.17) is 4.43 Å². The van der Waals surface area contributed by atoms with Crippen LogP contribution in [0, 0.1) is 0 Å². The van der Waals surface area contributed by atoms with Gasteiger partial charge in [0.15, 0.2) is 8.32 Å². The lowest BCUT2D eigenvalue weighted by Crippen LogP contribution is -2.29. The molecule has 0 bridgehead atoms. The van der Waals surface area contributed by atoms with Crippen LogP contribution in [0.3, 0.4) is 0 Å². The summed E-state index contributed by atoms with van der Waals surface area (Å²) in [7, 11) is -0.196. The minimum absolute atomic E-state index is 0.803. The topological polar surface area (TPSA) is 9.23 Å². The van der Waals surface area contributed by atoms with Gasteiger partial charge in [-0.15, -0.1) is 0 Å². The summed E-state index contributed by atoms with van der Waals surface area (Å²) in [4.78, 5) is 0. The minimum atomic E-state index is -1.25. The zero-order chi connectivity index (χ0) is 9.83. The molecular weight excluding hydrogens is 180 g/mol. The first-order chi connectivity index (χ1) is 5.27. The van der Waals surface area contributed by atoms with Crippen molar-refractivity contribution in [3.05, 3.63) is 0 Å². The number of hydrogen-bond donors (Lipinski definition) is 0. The molecule has 74 valence electrons. The van der Waals surface area contributed by atoms with Crippen LogP contribution in [0.25, 0.3) is 0 Å². The number of hydrogen-bond acceptors (Lipinski definition) is 1. The summed E-state index contributed by atoms with van der Waals surface area (Å²) in [5.74, 6) is 0. The van der Waals surface area contributed by atoms with Gasteiger partial charge >= 0.3 is 0 Å². The van der Waals surface area contributed by atoms with Crippen molar-refractivity contribution in [1.29, 1.82) is 0 Å². The average molecular weight is 204 g/mol. The van der Waals surface area contributed by atoms with E-state index >= 15 is 0 Å². The predicted molar refractivity (Wildman–Crippen MR) is 62.1 cm³/mol. The Kier molecular flexibility index (Phi) is 4.73. The summed E-state index contributed by atoms with van der Waals surface area (Å²) in [6, 6.07) is 2.78. The summed E-state index contributed by atoms with van der Waals surface area (Å²) < 4.78 is 5.51. The van der Waals surface area contributed by atoms with E-state index in [1.54, 1.807) is 0 Å². The van der Waals surface area contributed by atoms with Crippen molar-refractivity contribution in [1.82, 2.24) is 0 Å². The molecule has 0 aromatic rings. The summed E-state index contributed by atoms with van der Waals surface area (Å²) in [5, 5.41) is 0. The molecule has 0 N–H and O–H groups in total. The van der Waals surface area contributed by atoms with Crippen molar-refractivity contribution in [3.8, 4) is 0 Å². The third-order valence-electron chi connectivity index (χ3n) is 2.26. The van der Waals surface area contributed by atoms with E-state index in [-0.39, 0.29) is 0 Å². The predicted octanol–water partition coefficient (Wildman–Crippen LogP) is 3.57. The van der Waals surface area contributed by atoms with Gasteiger partial charge in [0.25, 0.3) is 0 Å². The van der Waals surface area contributed by atoms with E-state index in [0.717, 1.165) is 0 Å². The zero-order valence-corrected chi connectivity index (χ0v) is 11.5. The van der Waals surface area contributed by atoms with Gasteiger partial charge in [-0.2, -0.15) is 0 Å². The molecule has 0 aromatic carbocycles. The van der Waals surface area contributed by atoms with Crippen molar-refractivity contribution in [2.45, 2.75) is 51.2 Å². The Morgan fingerprint density at radius 3 is 1.75 bits per heavy atom. The summed E-state index contributed by atoms with van der Waals surface area (Å²) in [6.45, 7) is 11.9. The van der Waals surface area contributed by atoms with Crippen LogP contribution in [0.2, 0.25) is 44.8 Å². The Balaban J connectivity index is 3.57. The first kappa shape index (κ1) is 12.4. The van der Waals surface area contributed by atoms with Gasteiger partial charge in [-0.25, -0.2) is 0 Å². The first-order valence-corrected chi connectivity index (χ1v) is 11.6. The van der Waals surface area contributed by atoms with Crippen LogP contribution in [-0.4, -0.2) is 23.5 Å². The average Bonchev–Trinajstić information content (AvgIpc) is 1.84. The fourth-order valence-corrected chi connectivity index (χ4v) is 3.97. The molecule has 0 saturated heterocycles. The van der Waals surface area contributed by atoms with E-state index in [9.17, 15) is 0 Å². The Hall–Kier alpha value is 0.394. The molecule has 0 atom stereocenters. The Morgan fingerprint density at radius 2 is 1.42 bits per heavy atom. The van der Waals surface area contributed by atoms with Crippen LogP contribution < -0.4 is 0 Å². The molecule has 0 aliphatic carbocycles. The quantitative estimate of drug-likeness (QED) is 0.622. The highest BCUT2D eigenvalue weighted by Gasteiger charge is 2.21. The van der Waals surface area contributed by atoms with Crippen molar-refractivity contribution < 1.29 is 4.43 Å². The van der Waals surface area contributed by atoms with Gasteiger partial charge in [0, 0.05) is 15.2 Å². The SMILES string of the molecule is CO[Si](C)(C)CCC[Si](C)(C)C. The first-order valence-electron chi connectivity index (χ1n) is 4.82. The highest BCUT2D eigenvalue weighted by Crippen LogP contribution is 2.19. The van der Waals surface area contributed by atoms with E-state index in [2.05, 4.69) is 32.7 Å². The highest BCUT2D eigenvalue weighted by molar-refractivity contribution is 6.76. The van der Waals surface area contributed by atoms with Gasteiger partial charge in [0.1, 0.15) is 0 Å². The minimum Gasteiger partial charge on any atom is -0.420 e. The Bertz CT molecular complexity index is 127. The second kappa shape index (κ2) is 4.58. The lowest BCUT2D eigenvalue weighted by molar-refractivity contribution is 0.403. The van der Waals surface area contributed by atoms with Crippen molar-refractivity contribution in [2.75, 3.05) is 7.11 Å². The Labute approximate surface area is 79.7 Å². The molecule has 0 radical (unpaired) electrons. The number of rotatable bonds is 5. The van der Waals surface area contributed by atoms with Gasteiger partial charge in [0.2, 0.25) is 0 Å². The monoisotopic (exact) mass is 204 g/mol. The molecule has 0 fully saturated rings. The summed E-state index contributed by atoms with van der Waals surface area (Å²) >= 11 is 0. The van der Waals surface area contributed by atoms with Crippen LogP contribution >= 0.6 is 0 Å². The highest BCUT2D eigenvalue weighted by atomic mass is 28.4. The molecule has 1 nitrogen and oxygen atoms in total. The second-order valence-electron chi connectivity index (χ2n) is 5.38. The fraction of sp³-hybridized carbons (Fsp3) is 1.00. The summed E-state index contributed by atoms with van der Waals surface area (Å²) in [6.07, 6.45) is 1.38. The lowest BCUT2D eigenvalue weighted by atomic mass is 10.6. The van der Waals surface area contributed by atoms with Crippen molar-refractivity contribution in [2.24, 2.45) is 0 Å². The molecule has 12 heavy (non-hydrogen) atoms. The molecule has 3 heteroatoms. The van der Waals surface area contributed by atoms with E-state index in [0.29, 0.717) is 0 Å². The fourth-order valence-electron chi connectivity index (χ4n) is 1.15. The van der Waals surface area contributed by atoms with Crippen LogP contribution in [0.5, 0.6) is 0 Å². The zero-order valence-electron chi connectivity index (χ0n) is 9.53. The third-order valence-corrected chi connectivity index (χ3v) is 6.77. The van der Waals surface area contributed by atoms with Crippen molar-refractivity contribution in [3.63, 3.8) is 0 Å². The molecule has 0 aromatic heterocycles. The maximum atomic E-state index is 5.51. The van der Waals surface area contributed by atoms with Crippen LogP contribution in [-0.2, 0) is 4.43 Å². The van der Waals surface area contributed by atoms with E-state index < -0.39 is 16.4 Å². The molecule has 0 rings (SSSR count). The van der Waals surface area contributed by atoms with E-state index in [1.807, 2.05) is 7.11 Å². The molecule has 0 spiro atoms. The second-order valence-corrected chi connectivity index (χ2v) is 15.4. The van der Waals surface area contributed by atoms with Gasteiger partial charge in [-0.3, -0.25) is 0 Å². The largest absolute Gasteiger partial charge is 0.420 e. The van der Waals surface area contributed by atoms with Crippen LogP contribution in [0.4, 0.5) is 0 Å². The lowest BCUT2D eigenvalue weighted by Gasteiger charge is -2.22. The molecule has 0 aliphatic heterocycles. The molecule has 0 saturated carbocycles. The molecule has 0 amide bonds. The molecule has 0 heterocycles. The maximum Gasteiger partial charge on any atom is 0.186 e. The molecular formula is C9H24OSi2. The van der Waals surface area contributed by atoms with Gasteiger partial charge in [-0.05, 0) is 19.1 Å². The van der Waals surface area contributed by atoms with Gasteiger partial charge in [0.05, 0.1) is 0 Å². The summed E-state index contributed by atoms with van der Waals surface area (Å²) in [5.41, 5.74) is 0. The Morgan fingerprint density at radius 1 is 0.917 bits per heavy atom.